The van der Waals surface area contributed by atoms with E-state index in [0.29, 0.717) is 17.5 Å². The summed E-state index contributed by atoms with van der Waals surface area (Å²) in [6.45, 7) is 4.02. The predicted octanol–water partition coefficient (Wildman–Crippen LogP) is 6.22. The zero-order valence-corrected chi connectivity index (χ0v) is 26.3. The largest absolute Gasteiger partial charge is 0.370 e. The second-order valence-electron chi connectivity index (χ2n) is 12.0. The number of pyridine rings is 2. The SMILES string of the molecule is Cc1c(NC(=O)c2cc3c(s2)CCCC3)cccc1-c1cc(Nc2ccc(N3CCC(N(C)C)CC3)cn2)c(=O)n(C)c1. The number of aryl methyl sites for hydroxylation is 3. The Kier molecular flexibility index (Phi) is 8.36. The molecule has 6 rings (SSSR count). The van der Waals surface area contributed by atoms with Crippen molar-refractivity contribution < 1.29 is 4.79 Å². The van der Waals surface area contributed by atoms with E-state index in [2.05, 4.69) is 51.6 Å². The lowest BCUT2D eigenvalue weighted by atomic mass is 9.99. The van der Waals surface area contributed by atoms with Crippen molar-refractivity contribution in [3.63, 3.8) is 0 Å². The number of nitrogens with one attached hydrogen (secondary N) is 2. The number of amides is 1. The minimum Gasteiger partial charge on any atom is -0.370 e. The summed E-state index contributed by atoms with van der Waals surface area (Å²) in [4.78, 5) is 37.7. The highest BCUT2D eigenvalue weighted by atomic mass is 32.1. The standard InChI is InChI=1S/C34H40N6O2S/c1-22-27(9-7-10-28(22)37-33(41)31-19-23-8-5-6-11-30(23)43-31)24-18-29(34(42)39(4)21-24)36-32-13-12-26(20-35-32)40-16-14-25(15-17-40)38(2)3/h7,9-10,12-13,18-21,25H,5-6,8,11,14-17H2,1-4H3,(H,35,36)(H,37,41). The first kappa shape index (κ1) is 29.1. The molecular formula is C34H40N6O2S. The number of thiophene rings is 1. The molecule has 224 valence electrons. The molecule has 1 amide bonds. The second kappa shape index (κ2) is 12.3. The molecule has 0 atom stereocenters. The molecule has 4 heterocycles. The summed E-state index contributed by atoms with van der Waals surface area (Å²) in [5, 5.41) is 6.39. The van der Waals surface area contributed by atoms with Gasteiger partial charge in [-0.25, -0.2) is 4.98 Å². The van der Waals surface area contributed by atoms with E-state index in [-0.39, 0.29) is 11.5 Å². The molecule has 1 fully saturated rings. The summed E-state index contributed by atoms with van der Waals surface area (Å²) in [5.41, 5.74) is 6.28. The van der Waals surface area contributed by atoms with Crippen LogP contribution in [-0.4, -0.2) is 53.6 Å². The Hall–Kier alpha value is -3.95. The molecule has 0 radical (unpaired) electrons. The van der Waals surface area contributed by atoms with Gasteiger partial charge in [-0.15, -0.1) is 11.3 Å². The molecule has 3 aromatic heterocycles. The van der Waals surface area contributed by atoms with Crippen LogP contribution in [0.2, 0.25) is 0 Å². The number of carbonyl (C=O) groups excluding carboxylic acids is 1. The fourth-order valence-corrected chi connectivity index (χ4v) is 7.39. The zero-order chi connectivity index (χ0) is 30.1. The number of nitrogens with zero attached hydrogens (tertiary/aromatic N) is 4. The second-order valence-corrected chi connectivity index (χ2v) is 13.1. The quantitative estimate of drug-likeness (QED) is 0.264. The number of rotatable bonds is 7. The average molecular weight is 597 g/mol. The molecule has 43 heavy (non-hydrogen) atoms. The van der Waals surface area contributed by atoms with Crippen molar-refractivity contribution in [2.24, 2.45) is 7.05 Å². The lowest BCUT2D eigenvalue weighted by molar-refractivity contribution is 0.103. The van der Waals surface area contributed by atoms with E-state index < -0.39 is 0 Å². The maximum atomic E-state index is 13.2. The van der Waals surface area contributed by atoms with Gasteiger partial charge in [0, 0.05) is 48.5 Å². The highest BCUT2D eigenvalue weighted by Crippen LogP contribution is 2.33. The van der Waals surface area contributed by atoms with E-state index >= 15 is 0 Å². The monoisotopic (exact) mass is 596 g/mol. The van der Waals surface area contributed by atoms with Gasteiger partial charge in [-0.1, -0.05) is 12.1 Å². The first-order chi connectivity index (χ1) is 20.8. The van der Waals surface area contributed by atoms with Gasteiger partial charge < -0.3 is 25.0 Å². The lowest BCUT2D eigenvalue weighted by Gasteiger charge is -2.36. The molecule has 1 aromatic carbocycles. The van der Waals surface area contributed by atoms with Crippen LogP contribution in [-0.2, 0) is 19.9 Å². The number of fused-ring (bicyclic) bond motifs is 1. The predicted molar refractivity (Wildman–Crippen MR) is 177 cm³/mol. The average Bonchev–Trinajstić information content (AvgIpc) is 3.46. The van der Waals surface area contributed by atoms with E-state index in [9.17, 15) is 9.59 Å². The van der Waals surface area contributed by atoms with Gasteiger partial charge in [-0.05, 0) is 107 Å². The topological polar surface area (TPSA) is 82.5 Å². The Labute approximate surface area is 257 Å². The highest BCUT2D eigenvalue weighted by molar-refractivity contribution is 7.14. The van der Waals surface area contributed by atoms with Gasteiger partial charge in [0.2, 0.25) is 0 Å². The van der Waals surface area contributed by atoms with E-state index in [0.717, 1.165) is 71.7 Å². The van der Waals surface area contributed by atoms with Crippen molar-refractivity contribution in [1.29, 1.82) is 0 Å². The summed E-state index contributed by atoms with van der Waals surface area (Å²) < 4.78 is 1.59. The lowest BCUT2D eigenvalue weighted by Crippen LogP contribution is -2.42. The van der Waals surface area contributed by atoms with Crippen LogP contribution in [0.25, 0.3) is 11.1 Å². The fourth-order valence-electron chi connectivity index (χ4n) is 6.24. The molecule has 0 saturated carbocycles. The van der Waals surface area contributed by atoms with Crippen molar-refractivity contribution in [2.75, 3.05) is 42.7 Å². The molecule has 9 heteroatoms. The van der Waals surface area contributed by atoms with Crippen LogP contribution in [0.3, 0.4) is 0 Å². The molecule has 2 N–H and O–H groups in total. The number of piperidine rings is 1. The molecule has 1 aliphatic heterocycles. The molecular weight excluding hydrogens is 556 g/mol. The van der Waals surface area contributed by atoms with Gasteiger partial charge in [0.1, 0.15) is 11.5 Å². The van der Waals surface area contributed by atoms with Crippen LogP contribution in [0.4, 0.5) is 22.9 Å². The summed E-state index contributed by atoms with van der Waals surface area (Å²) in [5.74, 6) is 0.552. The maximum Gasteiger partial charge on any atom is 0.274 e. The number of hydrogen-bond acceptors (Lipinski definition) is 7. The highest BCUT2D eigenvalue weighted by Gasteiger charge is 2.21. The van der Waals surface area contributed by atoms with Crippen molar-refractivity contribution >= 4 is 40.1 Å². The van der Waals surface area contributed by atoms with Crippen molar-refractivity contribution in [2.45, 2.75) is 51.5 Å². The van der Waals surface area contributed by atoms with Crippen LogP contribution < -0.4 is 21.1 Å². The number of carbonyl (C=O) groups is 1. The normalized spacial score (nSPS) is 15.4. The van der Waals surface area contributed by atoms with Gasteiger partial charge in [0.15, 0.2) is 0 Å². The van der Waals surface area contributed by atoms with Gasteiger partial charge in [0.05, 0.1) is 16.8 Å². The smallest absolute Gasteiger partial charge is 0.274 e. The molecule has 0 bridgehead atoms. The minimum absolute atomic E-state index is 0.0703. The first-order valence-electron chi connectivity index (χ1n) is 15.1. The van der Waals surface area contributed by atoms with Gasteiger partial charge >= 0.3 is 0 Å². The van der Waals surface area contributed by atoms with E-state index in [1.807, 2.05) is 49.6 Å². The Balaban J connectivity index is 1.19. The molecule has 8 nitrogen and oxygen atoms in total. The van der Waals surface area contributed by atoms with Crippen molar-refractivity contribution in [3.05, 3.63) is 86.1 Å². The fraction of sp³-hybridized carbons (Fsp3) is 0.382. The van der Waals surface area contributed by atoms with Gasteiger partial charge in [-0.3, -0.25) is 9.59 Å². The Morgan fingerprint density at radius 3 is 2.56 bits per heavy atom. The Morgan fingerprint density at radius 2 is 1.84 bits per heavy atom. The van der Waals surface area contributed by atoms with Crippen LogP contribution in [0.15, 0.2) is 59.7 Å². The maximum absolute atomic E-state index is 13.2. The molecule has 1 aliphatic carbocycles. The van der Waals surface area contributed by atoms with Crippen LogP contribution in [0.1, 0.15) is 51.4 Å². The summed E-state index contributed by atoms with van der Waals surface area (Å²) in [7, 11) is 6.05. The third-order valence-corrected chi connectivity index (χ3v) is 10.1. The van der Waals surface area contributed by atoms with E-state index in [1.54, 1.807) is 23.0 Å². The molecule has 1 saturated heterocycles. The Bertz CT molecular complexity index is 1660. The van der Waals surface area contributed by atoms with Crippen molar-refractivity contribution in [1.82, 2.24) is 14.5 Å². The molecule has 2 aliphatic rings. The number of aromatic nitrogens is 2. The molecule has 0 spiro atoms. The third kappa shape index (κ3) is 6.24. The number of benzene rings is 1. The zero-order valence-electron chi connectivity index (χ0n) is 25.4. The third-order valence-electron chi connectivity index (χ3n) is 8.87. The summed E-state index contributed by atoms with van der Waals surface area (Å²) in [6, 6.07) is 14.4. The number of anilines is 4. The minimum atomic E-state index is -0.135. The Morgan fingerprint density at radius 1 is 1.05 bits per heavy atom. The van der Waals surface area contributed by atoms with Crippen molar-refractivity contribution in [3.8, 4) is 11.1 Å². The van der Waals surface area contributed by atoms with E-state index in [1.165, 1.54) is 23.3 Å². The number of hydrogen-bond donors (Lipinski definition) is 2. The van der Waals surface area contributed by atoms with Crippen LogP contribution in [0.5, 0.6) is 0 Å². The molecule has 0 unspecified atom stereocenters. The summed E-state index contributed by atoms with van der Waals surface area (Å²) >= 11 is 1.62. The van der Waals surface area contributed by atoms with E-state index in [4.69, 9.17) is 0 Å². The first-order valence-corrected chi connectivity index (χ1v) is 16.0. The summed E-state index contributed by atoms with van der Waals surface area (Å²) in [6.07, 6.45) is 10.5. The van der Waals surface area contributed by atoms with Crippen LogP contribution in [0, 0.1) is 6.92 Å². The molecule has 4 aromatic rings. The van der Waals surface area contributed by atoms with Gasteiger partial charge in [0.25, 0.3) is 11.5 Å². The van der Waals surface area contributed by atoms with Crippen LogP contribution >= 0.6 is 11.3 Å². The van der Waals surface area contributed by atoms with Gasteiger partial charge in [-0.2, -0.15) is 0 Å².